The zero-order valence-electron chi connectivity index (χ0n) is 18.0. The minimum atomic E-state index is -0.00386. The maximum atomic E-state index is 13.4. The van der Waals surface area contributed by atoms with E-state index in [4.69, 9.17) is 14.3 Å². The van der Waals surface area contributed by atoms with Gasteiger partial charge in [0.1, 0.15) is 5.69 Å². The van der Waals surface area contributed by atoms with E-state index in [2.05, 4.69) is 24.5 Å². The summed E-state index contributed by atoms with van der Waals surface area (Å²) in [5, 5.41) is 9.92. The van der Waals surface area contributed by atoms with E-state index >= 15 is 0 Å². The number of aryl methyl sites for hydroxylation is 1. The topological polar surface area (TPSA) is 92.2 Å². The maximum absolute atomic E-state index is 13.4. The van der Waals surface area contributed by atoms with Crippen LogP contribution in [0.4, 0.5) is 5.82 Å². The number of thiazole rings is 1. The number of carbonyl (C=O) groups excluding carboxylic acids is 1. The van der Waals surface area contributed by atoms with E-state index in [-0.39, 0.29) is 18.1 Å². The van der Waals surface area contributed by atoms with Crippen molar-refractivity contribution in [3.05, 3.63) is 28.7 Å². The van der Waals surface area contributed by atoms with Crippen molar-refractivity contribution >= 4 is 28.0 Å². The quantitative estimate of drug-likeness (QED) is 0.599. The lowest BCUT2D eigenvalue weighted by atomic mass is 10.2. The van der Waals surface area contributed by atoms with Crippen molar-refractivity contribution < 1.29 is 14.2 Å². The molecule has 11 heteroatoms. The van der Waals surface area contributed by atoms with Crippen LogP contribution in [0.25, 0.3) is 4.96 Å². The zero-order valence-corrected chi connectivity index (χ0v) is 18.8. The SMILES string of the molecule is Cc1nonc1N1CCN(Cc2c(C(=O)N3C[C@@H](C)O[C@@H](C)C3)nc3sccn23)CC1. The molecule has 0 spiro atoms. The molecule has 5 rings (SSSR count). The van der Waals surface area contributed by atoms with E-state index in [1.165, 1.54) is 0 Å². The zero-order chi connectivity index (χ0) is 21.5. The minimum absolute atomic E-state index is 0.00386. The molecule has 166 valence electrons. The summed E-state index contributed by atoms with van der Waals surface area (Å²) >= 11 is 1.55. The second-order valence-electron chi connectivity index (χ2n) is 8.37. The second kappa shape index (κ2) is 8.21. The standard InChI is InChI=1S/C20H27N7O3S/c1-13-10-26(11-14(2)29-13)19(28)17-16(27-8-9-31-20(27)21-17)12-24-4-6-25(7-5-24)18-15(3)22-30-23-18/h8-9,13-14H,4-7,10-12H2,1-3H3/t13-,14+. The van der Waals surface area contributed by atoms with E-state index in [1.54, 1.807) is 11.3 Å². The van der Waals surface area contributed by atoms with Crippen LogP contribution in [0.15, 0.2) is 16.2 Å². The molecule has 3 aromatic heterocycles. The fourth-order valence-corrected chi connectivity index (χ4v) is 5.22. The first-order valence-electron chi connectivity index (χ1n) is 10.6. The number of fused-ring (bicyclic) bond motifs is 1. The number of morpholine rings is 1. The Morgan fingerprint density at radius 3 is 2.58 bits per heavy atom. The summed E-state index contributed by atoms with van der Waals surface area (Å²) < 4.78 is 12.7. The summed E-state index contributed by atoms with van der Waals surface area (Å²) in [6, 6.07) is 0. The van der Waals surface area contributed by atoms with Crippen molar-refractivity contribution in [2.24, 2.45) is 0 Å². The van der Waals surface area contributed by atoms with Crippen molar-refractivity contribution in [3.8, 4) is 0 Å². The number of anilines is 1. The van der Waals surface area contributed by atoms with Crippen LogP contribution >= 0.6 is 11.3 Å². The first kappa shape index (κ1) is 20.4. The summed E-state index contributed by atoms with van der Waals surface area (Å²) in [5.41, 5.74) is 2.33. The van der Waals surface area contributed by atoms with E-state index in [9.17, 15) is 4.79 Å². The number of nitrogens with zero attached hydrogens (tertiary/aromatic N) is 7. The molecule has 0 aromatic carbocycles. The molecule has 0 saturated carbocycles. The summed E-state index contributed by atoms with van der Waals surface area (Å²) in [6.07, 6.45) is 2.06. The van der Waals surface area contributed by atoms with Crippen LogP contribution in [0.3, 0.4) is 0 Å². The Balaban J connectivity index is 1.34. The maximum Gasteiger partial charge on any atom is 0.274 e. The molecule has 2 aliphatic rings. The monoisotopic (exact) mass is 445 g/mol. The molecule has 2 fully saturated rings. The first-order valence-corrected chi connectivity index (χ1v) is 11.5. The van der Waals surface area contributed by atoms with Crippen molar-refractivity contribution in [1.82, 2.24) is 29.5 Å². The first-order chi connectivity index (χ1) is 15.0. The number of piperazine rings is 1. The predicted molar refractivity (Wildman–Crippen MR) is 116 cm³/mol. The third kappa shape index (κ3) is 3.92. The number of aromatic nitrogens is 4. The largest absolute Gasteiger partial charge is 0.372 e. The Labute approximate surface area is 184 Å². The second-order valence-corrected chi connectivity index (χ2v) is 9.24. The molecule has 0 unspecified atom stereocenters. The molecule has 0 radical (unpaired) electrons. The van der Waals surface area contributed by atoms with Gasteiger partial charge in [-0.15, -0.1) is 11.3 Å². The smallest absolute Gasteiger partial charge is 0.274 e. The van der Waals surface area contributed by atoms with Crippen LogP contribution in [-0.4, -0.2) is 86.9 Å². The van der Waals surface area contributed by atoms with Gasteiger partial charge in [-0.05, 0) is 25.9 Å². The van der Waals surface area contributed by atoms with Gasteiger partial charge in [0.25, 0.3) is 5.91 Å². The van der Waals surface area contributed by atoms with E-state index in [0.29, 0.717) is 25.3 Å². The highest BCUT2D eigenvalue weighted by Gasteiger charge is 2.31. The average Bonchev–Trinajstić information content (AvgIpc) is 3.45. The van der Waals surface area contributed by atoms with Gasteiger partial charge in [-0.25, -0.2) is 9.61 Å². The predicted octanol–water partition coefficient (Wildman–Crippen LogP) is 1.66. The van der Waals surface area contributed by atoms with Gasteiger partial charge in [-0.3, -0.25) is 14.1 Å². The van der Waals surface area contributed by atoms with Crippen molar-refractivity contribution in [1.29, 1.82) is 0 Å². The van der Waals surface area contributed by atoms with Gasteiger partial charge in [-0.1, -0.05) is 5.16 Å². The lowest BCUT2D eigenvalue weighted by Gasteiger charge is -2.36. The van der Waals surface area contributed by atoms with Crippen LogP contribution in [0, 0.1) is 6.92 Å². The van der Waals surface area contributed by atoms with Gasteiger partial charge in [0.15, 0.2) is 16.5 Å². The Hall–Kier alpha value is -2.50. The highest BCUT2D eigenvalue weighted by molar-refractivity contribution is 7.15. The average molecular weight is 446 g/mol. The van der Waals surface area contributed by atoms with Crippen LogP contribution in [0.1, 0.15) is 35.7 Å². The van der Waals surface area contributed by atoms with E-state index in [1.807, 2.05) is 37.2 Å². The van der Waals surface area contributed by atoms with Gasteiger partial charge in [0.2, 0.25) is 0 Å². The van der Waals surface area contributed by atoms with Gasteiger partial charge in [0, 0.05) is 57.4 Å². The van der Waals surface area contributed by atoms with E-state index < -0.39 is 0 Å². The van der Waals surface area contributed by atoms with Crippen LogP contribution in [0.5, 0.6) is 0 Å². The number of carbonyl (C=O) groups is 1. The highest BCUT2D eigenvalue weighted by atomic mass is 32.1. The number of imidazole rings is 1. The van der Waals surface area contributed by atoms with Crippen molar-refractivity contribution in [2.75, 3.05) is 44.2 Å². The normalized spacial score (nSPS) is 23.1. The lowest BCUT2D eigenvalue weighted by molar-refractivity contribution is -0.0587. The highest BCUT2D eigenvalue weighted by Crippen LogP contribution is 2.24. The number of hydrogen-bond donors (Lipinski definition) is 0. The van der Waals surface area contributed by atoms with Gasteiger partial charge in [0.05, 0.1) is 17.9 Å². The molecular formula is C20H27N7O3S. The third-order valence-electron chi connectivity index (χ3n) is 5.94. The Kier molecular flexibility index (Phi) is 5.40. The lowest BCUT2D eigenvalue weighted by Crippen LogP contribution is -2.49. The Bertz CT molecular complexity index is 1060. The molecule has 2 atom stereocenters. The van der Waals surface area contributed by atoms with Crippen molar-refractivity contribution in [2.45, 2.75) is 39.5 Å². The molecule has 10 nitrogen and oxygen atoms in total. The summed E-state index contributed by atoms with van der Waals surface area (Å²) in [4.78, 5) is 25.4. The summed E-state index contributed by atoms with van der Waals surface area (Å²) in [5.74, 6) is 0.812. The number of amides is 1. The molecule has 2 saturated heterocycles. The molecule has 5 heterocycles. The summed E-state index contributed by atoms with van der Waals surface area (Å²) in [7, 11) is 0. The number of ether oxygens (including phenoxy) is 1. The molecule has 0 N–H and O–H groups in total. The van der Waals surface area contributed by atoms with Crippen LogP contribution in [0.2, 0.25) is 0 Å². The fourth-order valence-electron chi connectivity index (χ4n) is 4.49. The number of rotatable bonds is 4. The third-order valence-corrected chi connectivity index (χ3v) is 6.70. The molecule has 2 aliphatic heterocycles. The minimum Gasteiger partial charge on any atom is -0.372 e. The van der Waals surface area contributed by atoms with E-state index in [0.717, 1.165) is 48.3 Å². The van der Waals surface area contributed by atoms with Crippen LogP contribution in [-0.2, 0) is 11.3 Å². The van der Waals surface area contributed by atoms with Crippen LogP contribution < -0.4 is 4.90 Å². The molecule has 1 amide bonds. The molecular weight excluding hydrogens is 418 g/mol. The molecule has 0 aliphatic carbocycles. The van der Waals surface area contributed by atoms with Gasteiger partial charge in [-0.2, -0.15) is 0 Å². The van der Waals surface area contributed by atoms with Gasteiger partial charge < -0.3 is 14.5 Å². The van der Waals surface area contributed by atoms with Crippen molar-refractivity contribution in [3.63, 3.8) is 0 Å². The fraction of sp³-hybridized carbons (Fsp3) is 0.600. The Morgan fingerprint density at radius 2 is 1.90 bits per heavy atom. The van der Waals surface area contributed by atoms with Gasteiger partial charge >= 0.3 is 0 Å². The molecule has 3 aromatic rings. The number of hydrogen-bond acceptors (Lipinski definition) is 9. The Morgan fingerprint density at radius 1 is 1.16 bits per heavy atom. The molecule has 31 heavy (non-hydrogen) atoms. The molecule has 0 bridgehead atoms. The summed E-state index contributed by atoms with van der Waals surface area (Å²) in [6.45, 7) is 11.2.